The highest BCUT2D eigenvalue weighted by molar-refractivity contribution is 7.09. The summed E-state index contributed by atoms with van der Waals surface area (Å²) in [6.45, 7) is 6.35. The predicted octanol–water partition coefficient (Wildman–Crippen LogP) is 1.38. The molecule has 0 spiro atoms. The number of aromatic nitrogens is 1. The second-order valence-electron chi connectivity index (χ2n) is 4.73. The van der Waals surface area contributed by atoms with E-state index in [0.29, 0.717) is 6.04 Å². The summed E-state index contributed by atoms with van der Waals surface area (Å²) >= 11 is 1.72. The van der Waals surface area contributed by atoms with Crippen LogP contribution in [0.1, 0.15) is 18.4 Å². The van der Waals surface area contributed by atoms with Crippen LogP contribution in [-0.4, -0.2) is 55.3 Å². The second kappa shape index (κ2) is 7.19. The lowest BCUT2D eigenvalue weighted by Gasteiger charge is -2.36. The van der Waals surface area contributed by atoms with Crippen LogP contribution in [0.4, 0.5) is 0 Å². The largest absolute Gasteiger partial charge is 0.374 e. The third-order valence-corrected chi connectivity index (χ3v) is 4.22. The Morgan fingerprint density at radius 3 is 3.22 bits per heavy atom. The second-order valence-corrected chi connectivity index (χ2v) is 5.71. The van der Waals surface area contributed by atoms with Gasteiger partial charge in [0, 0.05) is 37.1 Å². The van der Waals surface area contributed by atoms with Gasteiger partial charge >= 0.3 is 0 Å². The van der Waals surface area contributed by atoms with Gasteiger partial charge in [0.25, 0.3) is 0 Å². The van der Waals surface area contributed by atoms with Crippen molar-refractivity contribution in [2.75, 3.05) is 33.3 Å². The zero-order valence-electron chi connectivity index (χ0n) is 11.3. The van der Waals surface area contributed by atoms with Gasteiger partial charge in [0.1, 0.15) is 0 Å². The van der Waals surface area contributed by atoms with Crippen molar-refractivity contribution in [1.82, 2.24) is 15.2 Å². The Bertz CT molecular complexity index is 329. The predicted molar refractivity (Wildman–Crippen MR) is 75.1 cm³/mol. The lowest BCUT2D eigenvalue weighted by Crippen LogP contribution is -2.52. The maximum atomic E-state index is 5.93. The van der Waals surface area contributed by atoms with E-state index in [2.05, 4.69) is 22.1 Å². The van der Waals surface area contributed by atoms with Crippen LogP contribution < -0.4 is 5.32 Å². The summed E-state index contributed by atoms with van der Waals surface area (Å²) in [5.74, 6) is 0. The van der Waals surface area contributed by atoms with E-state index in [9.17, 15) is 0 Å². The van der Waals surface area contributed by atoms with Crippen LogP contribution in [-0.2, 0) is 11.2 Å². The van der Waals surface area contributed by atoms with Crippen molar-refractivity contribution in [2.24, 2.45) is 0 Å². The molecule has 0 aromatic carbocycles. The molecule has 4 nitrogen and oxygen atoms in total. The summed E-state index contributed by atoms with van der Waals surface area (Å²) in [5, 5.41) is 6.61. The molecule has 18 heavy (non-hydrogen) atoms. The molecule has 1 N–H and O–H groups in total. The van der Waals surface area contributed by atoms with E-state index in [1.807, 2.05) is 18.6 Å². The normalized spacial score (nSPS) is 23.1. The van der Waals surface area contributed by atoms with Crippen LogP contribution >= 0.6 is 11.3 Å². The zero-order valence-corrected chi connectivity index (χ0v) is 12.1. The van der Waals surface area contributed by atoms with Gasteiger partial charge < -0.3 is 10.1 Å². The van der Waals surface area contributed by atoms with Crippen molar-refractivity contribution in [1.29, 1.82) is 0 Å². The molecule has 0 aliphatic carbocycles. The zero-order chi connectivity index (χ0) is 12.8. The third-order valence-electron chi connectivity index (χ3n) is 3.41. The Labute approximate surface area is 113 Å². The van der Waals surface area contributed by atoms with Crippen molar-refractivity contribution in [3.8, 4) is 0 Å². The van der Waals surface area contributed by atoms with Gasteiger partial charge in [0.2, 0.25) is 0 Å². The Morgan fingerprint density at radius 2 is 2.56 bits per heavy atom. The monoisotopic (exact) mass is 269 g/mol. The lowest BCUT2D eigenvalue weighted by atomic mass is 10.1. The molecule has 2 unspecified atom stereocenters. The van der Waals surface area contributed by atoms with Crippen molar-refractivity contribution in [2.45, 2.75) is 31.9 Å². The fourth-order valence-electron chi connectivity index (χ4n) is 2.46. The van der Waals surface area contributed by atoms with Crippen LogP contribution in [0, 0.1) is 0 Å². The fourth-order valence-corrected chi connectivity index (χ4v) is 3.13. The number of hydrogen-bond acceptors (Lipinski definition) is 5. The molecule has 2 rings (SSSR count). The number of morpholine rings is 1. The maximum absolute atomic E-state index is 5.93. The van der Waals surface area contributed by atoms with Gasteiger partial charge in [0.15, 0.2) is 0 Å². The van der Waals surface area contributed by atoms with E-state index in [0.717, 1.165) is 26.1 Å². The molecule has 2 atom stereocenters. The number of hydrogen-bond donors (Lipinski definition) is 1. The number of likely N-dealkylation sites (N-methyl/N-ethyl adjacent to an activating group) is 1. The molecule has 1 aliphatic heterocycles. The van der Waals surface area contributed by atoms with Gasteiger partial charge in [-0.2, -0.15) is 0 Å². The number of rotatable bonds is 6. The quantitative estimate of drug-likeness (QED) is 0.847. The van der Waals surface area contributed by atoms with E-state index in [1.165, 1.54) is 18.0 Å². The highest BCUT2D eigenvalue weighted by atomic mass is 32.1. The van der Waals surface area contributed by atoms with Gasteiger partial charge in [0.05, 0.1) is 17.7 Å². The molecular weight excluding hydrogens is 246 g/mol. The summed E-state index contributed by atoms with van der Waals surface area (Å²) < 4.78 is 5.93. The molecule has 0 radical (unpaired) electrons. The van der Waals surface area contributed by atoms with Crippen molar-refractivity contribution >= 4 is 11.3 Å². The molecule has 0 saturated carbocycles. The number of nitrogens with zero attached hydrogens (tertiary/aromatic N) is 2. The molecule has 2 heterocycles. The maximum Gasteiger partial charge on any atom is 0.0941 e. The topological polar surface area (TPSA) is 37.4 Å². The Morgan fingerprint density at radius 1 is 1.67 bits per heavy atom. The lowest BCUT2D eigenvalue weighted by molar-refractivity contribution is -0.0450. The molecule has 1 aliphatic rings. The Balaban J connectivity index is 1.90. The minimum absolute atomic E-state index is 0.277. The summed E-state index contributed by atoms with van der Waals surface area (Å²) in [6.07, 6.45) is 4.32. The first-order chi connectivity index (χ1) is 8.83. The minimum Gasteiger partial charge on any atom is -0.374 e. The SMILES string of the molecule is CCCN1CCOC(C(Cc2nccs2)NC)C1. The standard InChI is InChI=1S/C13H23N3OS/c1-3-5-16-6-7-17-12(10-16)11(14-2)9-13-15-4-8-18-13/h4,8,11-12,14H,3,5-7,9-10H2,1-2H3. The van der Waals surface area contributed by atoms with E-state index in [4.69, 9.17) is 4.74 Å². The summed E-state index contributed by atoms with van der Waals surface area (Å²) in [7, 11) is 2.01. The highest BCUT2D eigenvalue weighted by Crippen LogP contribution is 2.15. The average molecular weight is 269 g/mol. The van der Waals surface area contributed by atoms with E-state index >= 15 is 0 Å². The van der Waals surface area contributed by atoms with Crippen molar-refractivity contribution < 1.29 is 4.74 Å². The number of ether oxygens (including phenoxy) is 1. The summed E-state index contributed by atoms with van der Waals surface area (Å²) in [4.78, 5) is 6.86. The van der Waals surface area contributed by atoms with Crippen LogP contribution in [0.15, 0.2) is 11.6 Å². The van der Waals surface area contributed by atoms with Crippen molar-refractivity contribution in [3.05, 3.63) is 16.6 Å². The van der Waals surface area contributed by atoms with Gasteiger partial charge in [-0.3, -0.25) is 4.90 Å². The average Bonchev–Trinajstić information content (AvgIpc) is 2.89. The Hall–Kier alpha value is -0.490. The van der Waals surface area contributed by atoms with E-state index in [1.54, 1.807) is 11.3 Å². The summed E-state index contributed by atoms with van der Waals surface area (Å²) in [6, 6.07) is 0.357. The molecule has 1 fully saturated rings. The molecule has 102 valence electrons. The van der Waals surface area contributed by atoms with Crippen LogP contribution in [0.2, 0.25) is 0 Å². The van der Waals surface area contributed by atoms with Crippen LogP contribution in [0.3, 0.4) is 0 Å². The van der Waals surface area contributed by atoms with E-state index in [-0.39, 0.29) is 6.10 Å². The molecule has 1 saturated heterocycles. The third kappa shape index (κ3) is 3.75. The fraction of sp³-hybridized carbons (Fsp3) is 0.769. The first-order valence-corrected chi connectivity index (χ1v) is 7.61. The Kier molecular flexibility index (Phi) is 5.56. The highest BCUT2D eigenvalue weighted by Gasteiger charge is 2.27. The van der Waals surface area contributed by atoms with Crippen molar-refractivity contribution in [3.63, 3.8) is 0 Å². The molecular formula is C13H23N3OS. The van der Waals surface area contributed by atoms with Crippen LogP contribution in [0.5, 0.6) is 0 Å². The molecule has 5 heteroatoms. The molecule has 0 amide bonds. The molecule has 1 aromatic rings. The number of nitrogens with one attached hydrogen (secondary N) is 1. The molecule has 1 aromatic heterocycles. The number of thiazole rings is 1. The van der Waals surface area contributed by atoms with Crippen LogP contribution in [0.25, 0.3) is 0 Å². The van der Waals surface area contributed by atoms with Gasteiger partial charge in [-0.15, -0.1) is 11.3 Å². The smallest absolute Gasteiger partial charge is 0.0941 e. The first kappa shape index (κ1) is 13.9. The van der Waals surface area contributed by atoms with Gasteiger partial charge in [-0.1, -0.05) is 6.92 Å². The summed E-state index contributed by atoms with van der Waals surface area (Å²) in [5.41, 5.74) is 0. The van der Waals surface area contributed by atoms with E-state index < -0.39 is 0 Å². The minimum atomic E-state index is 0.277. The van der Waals surface area contributed by atoms with Gasteiger partial charge in [-0.05, 0) is 20.0 Å². The first-order valence-electron chi connectivity index (χ1n) is 6.73. The molecule has 0 bridgehead atoms. The van der Waals surface area contributed by atoms with Gasteiger partial charge in [-0.25, -0.2) is 4.98 Å².